The molecule has 0 aliphatic carbocycles. The molecule has 0 saturated carbocycles. The summed E-state index contributed by atoms with van der Waals surface area (Å²) in [5.41, 5.74) is 2.04. The van der Waals surface area contributed by atoms with Crippen LogP contribution in [-0.4, -0.2) is 26.3 Å². The summed E-state index contributed by atoms with van der Waals surface area (Å²) in [5.74, 6) is 1.77. The summed E-state index contributed by atoms with van der Waals surface area (Å²) in [6, 6.07) is 7.65. The first-order chi connectivity index (χ1) is 10.2. The molecule has 0 N–H and O–H groups in total. The fraction of sp³-hybridized carbons (Fsp3) is 0.312. The van der Waals surface area contributed by atoms with Gasteiger partial charge in [0.05, 0.1) is 26.7 Å². The lowest BCUT2D eigenvalue weighted by molar-refractivity contribution is 0.323. The van der Waals surface area contributed by atoms with Gasteiger partial charge in [-0.05, 0) is 41.8 Å². The number of aromatic nitrogens is 1. The molecule has 1 aromatic carbocycles. The summed E-state index contributed by atoms with van der Waals surface area (Å²) in [4.78, 5) is 4.00. The van der Waals surface area contributed by atoms with Crippen molar-refractivity contribution in [1.82, 2.24) is 4.98 Å². The second kappa shape index (κ2) is 7.18. The Morgan fingerprint density at radius 2 is 1.57 bits per heavy atom. The molecule has 2 rings (SSSR count). The largest absolute Gasteiger partial charge is 0.493 e. The molecule has 0 aliphatic rings. The van der Waals surface area contributed by atoms with E-state index in [2.05, 4.69) is 4.98 Å². The second-order valence-corrected chi connectivity index (χ2v) is 5.01. The zero-order valence-corrected chi connectivity index (χ0v) is 13.1. The SMILES string of the molecule is COc1cc(C(Cl)Cc2ccncc2)cc(OC)c1OC. The van der Waals surface area contributed by atoms with Gasteiger partial charge in [-0.3, -0.25) is 4.98 Å². The van der Waals surface area contributed by atoms with Crippen LogP contribution < -0.4 is 14.2 Å². The average Bonchev–Trinajstić information content (AvgIpc) is 2.54. The van der Waals surface area contributed by atoms with Gasteiger partial charge in [0.25, 0.3) is 0 Å². The molecule has 0 bridgehead atoms. The number of pyridine rings is 1. The van der Waals surface area contributed by atoms with Crippen molar-refractivity contribution in [3.8, 4) is 17.2 Å². The molecule has 1 atom stereocenters. The van der Waals surface area contributed by atoms with Gasteiger partial charge in [-0.15, -0.1) is 11.6 Å². The molecule has 5 heteroatoms. The van der Waals surface area contributed by atoms with Crippen molar-refractivity contribution in [3.63, 3.8) is 0 Å². The van der Waals surface area contributed by atoms with Crippen molar-refractivity contribution in [2.75, 3.05) is 21.3 Å². The highest BCUT2D eigenvalue weighted by atomic mass is 35.5. The van der Waals surface area contributed by atoms with Crippen LogP contribution in [-0.2, 0) is 6.42 Å². The molecular formula is C16H18ClNO3. The number of nitrogens with zero attached hydrogens (tertiary/aromatic N) is 1. The van der Waals surface area contributed by atoms with Gasteiger partial charge in [-0.2, -0.15) is 0 Å². The molecule has 1 unspecified atom stereocenters. The number of hydrogen-bond donors (Lipinski definition) is 0. The van der Waals surface area contributed by atoms with Gasteiger partial charge >= 0.3 is 0 Å². The van der Waals surface area contributed by atoms with Crippen molar-refractivity contribution in [2.24, 2.45) is 0 Å². The molecule has 2 aromatic rings. The first-order valence-corrected chi connectivity index (χ1v) is 6.96. The third kappa shape index (κ3) is 3.58. The lowest BCUT2D eigenvalue weighted by Crippen LogP contribution is -2.00. The molecule has 0 radical (unpaired) electrons. The highest BCUT2D eigenvalue weighted by Gasteiger charge is 2.17. The quantitative estimate of drug-likeness (QED) is 0.764. The van der Waals surface area contributed by atoms with E-state index in [0.29, 0.717) is 23.7 Å². The Balaban J connectivity index is 2.30. The van der Waals surface area contributed by atoms with Crippen molar-refractivity contribution >= 4 is 11.6 Å². The smallest absolute Gasteiger partial charge is 0.203 e. The first-order valence-electron chi connectivity index (χ1n) is 6.52. The maximum absolute atomic E-state index is 6.52. The van der Waals surface area contributed by atoms with Gasteiger partial charge in [0.1, 0.15) is 0 Å². The zero-order chi connectivity index (χ0) is 15.2. The van der Waals surface area contributed by atoms with Crippen LogP contribution in [0.4, 0.5) is 0 Å². The van der Waals surface area contributed by atoms with Gasteiger partial charge in [0.15, 0.2) is 11.5 Å². The van der Waals surface area contributed by atoms with Gasteiger partial charge in [-0.25, -0.2) is 0 Å². The maximum Gasteiger partial charge on any atom is 0.203 e. The van der Waals surface area contributed by atoms with Crippen molar-refractivity contribution in [1.29, 1.82) is 0 Å². The van der Waals surface area contributed by atoms with Crippen LogP contribution in [0.3, 0.4) is 0 Å². The molecule has 4 nitrogen and oxygen atoms in total. The van der Waals surface area contributed by atoms with Crippen molar-refractivity contribution in [3.05, 3.63) is 47.8 Å². The lowest BCUT2D eigenvalue weighted by Gasteiger charge is -2.16. The monoisotopic (exact) mass is 307 g/mol. The van der Waals surface area contributed by atoms with Crippen LogP contribution in [0, 0.1) is 0 Å². The highest BCUT2D eigenvalue weighted by Crippen LogP contribution is 2.41. The second-order valence-electron chi connectivity index (χ2n) is 4.49. The van der Waals surface area contributed by atoms with Crippen LogP contribution in [0.5, 0.6) is 17.2 Å². The molecule has 0 amide bonds. The lowest BCUT2D eigenvalue weighted by atomic mass is 10.0. The predicted molar refractivity (Wildman–Crippen MR) is 82.6 cm³/mol. The molecule has 0 spiro atoms. The average molecular weight is 308 g/mol. The molecule has 1 aromatic heterocycles. The Hall–Kier alpha value is -1.94. The first kappa shape index (κ1) is 15.4. The van der Waals surface area contributed by atoms with E-state index >= 15 is 0 Å². The summed E-state index contributed by atoms with van der Waals surface area (Å²) >= 11 is 6.52. The topological polar surface area (TPSA) is 40.6 Å². The number of alkyl halides is 1. The molecule has 0 saturated heterocycles. The van der Waals surface area contributed by atoms with Crippen LogP contribution >= 0.6 is 11.6 Å². The molecule has 0 fully saturated rings. The summed E-state index contributed by atoms with van der Waals surface area (Å²) in [6.45, 7) is 0. The minimum Gasteiger partial charge on any atom is -0.493 e. The summed E-state index contributed by atoms with van der Waals surface area (Å²) < 4.78 is 16.0. The number of hydrogen-bond acceptors (Lipinski definition) is 4. The number of ether oxygens (including phenoxy) is 3. The van der Waals surface area contributed by atoms with Crippen LogP contribution in [0.1, 0.15) is 16.5 Å². The third-order valence-corrected chi connectivity index (χ3v) is 3.62. The standard InChI is InChI=1S/C16H18ClNO3/c1-19-14-9-12(10-15(20-2)16(14)21-3)13(17)8-11-4-6-18-7-5-11/h4-7,9-10,13H,8H2,1-3H3. The third-order valence-electron chi connectivity index (χ3n) is 3.21. The normalized spacial score (nSPS) is 11.8. The fourth-order valence-corrected chi connectivity index (χ4v) is 2.43. The molecule has 21 heavy (non-hydrogen) atoms. The van der Waals surface area contributed by atoms with E-state index in [4.69, 9.17) is 25.8 Å². The Morgan fingerprint density at radius 3 is 2.05 bits per heavy atom. The zero-order valence-electron chi connectivity index (χ0n) is 12.3. The molecule has 0 aliphatic heterocycles. The van der Waals surface area contributed by atoms with Crippen LogP contribution in [0.25, 0.3) is 0 Å². The van der Waals surface area contributed by atoms with Gasteiger partial charge in [0, 0.05) is 12.4 Å². The number of methoxy groups -OCH3 is 3. The molecule has 112 valence electrons. The van der Waals surface area contributed by atoms with E-state index in [1.165, 1.54) is 0 Å². The number of halogens is 1. The minimum absolute atomic E-state index is 0.193. The Kier molecular flexibility index (Phi) is 5.28. The van der Waals surface area contributed by atoms with Crippen molar-refractivity contribution in [2.45, 2.75) is 11.8 Å². The Morgan fingerprint density at radius 1 is 1.00 bits per heavy atom. The van der Waals surface area contributed by atoms with Crippen LogP contribution in [0.15, 0.2) is 36.7 Å². The minimum atomic E-state index is -0.193. The highest BCUT2D eigenvalue weighted by molar-refractivity contribution is 6.21. The van der Waals surface area contributed by atoms with Gasteiger partial charge in [0.2, 0.25) is 5.75 Å². The van der Waals surface area contributed by atoms with E-state index in [0.717, 1.165) is 11.1 Å². The van der Waals surface area contributed by atoms with E-state index in [1.807, 2.05) is 24.3 Å². The van der Waals surface area contributed by atoms with Gasteiger partial charge < -0.3 is 14.2 Å². The Labute approximate surface area is 129 Å². The molecule has 1 heterocycles. The maximum atomic E-state index is 6.52. The van der Waals surface area contributed by atoms with E-state index in [1.54, 1.807) is 33.7 Å². The van der Waals surface area contributed by atoms with Crippen LogP contribution in [0.2, 0.25) is 0 Å². The number of benzene rings is 1. The predicted octanol–water partition coefficient (Wildman–Crippen LogP) is 3.63. The fourth-order valence-electron chi connectivity index (χ4n) is 2.13. The number of rotatable bonds is 6. The molecular weight excluding hydrogens is 290 g/mol. The summed E-state index contributed by atoms with van der Waals surface area (Å²) in [6.07, 6.45) is 4.21. The van der Waals surface area contributed by atoms with E-state index in [-0.39, 0.29) is 5.38 Å². The Bertz CT molecular complexity index is 564. The van der Waals surface area contributed by atoms with Crippen molar-refractivity contribution < 1.29 is 14.2 Å². The van der Waals surface area contributed by atoms with Gasteiger partial charge in [-0.1, -0.05) is 0 Å². The summed E-state index contributed by atoms with van der Waals surface area (Å²) in [5, 5.41) is -0.193. The van der Waals surface area contributed by atoms with E-state index in [9.17, 15) is 0 Å². The van der Waals surface area contributed by atoms with E-state index < -0.39 is 0 Å². The summed E-state index contributed by atoms with van der Waals surface area (Å²) in [7, 11) is 4.76.